The molecule has 0 saturated carbocycles. The number of anilines is 1. The summed E-state index contributed by atoms with van der Waals surface area (Å²) in [5.41, 5.74) is -0.0360. The number of carbonyl (C=O) groups excluding carboxylic acids is 2. The Morgan fingerprint density at radius 1 is 1.14 bits per heavy atom. The van der Waals surface area contributed by atoms with Crippen molar-refractivity contribution in [1.29, 1.82) is 0 Å². The maximum Gasteiger partial charge on any atom is 0.433 e. The molecule has 0 bridgehead atoms. The van der Waals surface area contributed by atoms with Gasteiger partial charge in [0.1, 0.15) is 11.4 Å². The lowest BCUT2D eigenvalue weighted by Gasteiger charge is -2.32. The Hall–Kier alpha value is -2.98. The van der Waals surface area contributed by atoms with Gasteiger partial charge in [-0.2, -0.15) is 13.2 Å². The number of benzene rings is 1. The number of aliphatic hydroxyl groups excluding tert-OH is 1. The van der Waals surface area contributed by atoms with Gasteiger partial charge in [-0.1, -0.05) is 32.0 Å². The number of piperidine rings is 1. The highest BCUT2D eigenvalue weighted by Gasteiger charge is 2.33. The molecule has 3 N–H and O–H groups in total. The fraction of sp³-hybridized carbons (Fsp3) is 0.480. The second-order valence-corrected chi connectivity index (χ2v) is 9.15. The van der Waals surface area contributed by atoms with E-state index in [1.54, 1.807) is 18.2 Å². The number of pyridine rings is 1. The Labute approximate surface area is 202 Å². The SMILES string of the molecule is CC(C)C(CO)NC(=O)C1CCN(Cc2cccc(NC(=O)c3cccc(C(F)(F)F)n3)c2)CC1. The van der Waals surface area contributed by atoms with E-state index < -0.39 is 17.8 Å². The van der Waals surface area contributed by atoms with Crippen molar-refractivity contribution in [3.8, 4) is 0 Å². The minimum Gasteiger partial charge on any atom is -0.394 e. The molecule has 2 heterocycles. The molecule has 1 saturated heterocycles. The van der Waals surface area contributed by atoms with Gasteiger partial charge in [-0.3, -0.25) is 14.5 Å². The predicted molar refractivity (Wildman–Crippen MR) is 125 cm³/mol. The van der Waals surface area contributed by atoms with Gasteiger partial charge in [0.05, 0.1) is 12.6 Å². The first kappa shape index (κ1) is 26.6. The number of nitrogens with one attached hydrogen (secondary N) is 2. The third kappa shape index (κ3) is 7.50. The van der Waals surface area contributed by atoms with E-state index in [1.807, 2.05) is 19.9 Å². The molecular formula is C25H31F3N4O3. The van der Waals surface area contributed by atoms with Crippen molar-refractivity contribution in [3.63, 3.8) is 0 Å². The number of alkyl halides is 3. The molecule has 0 radical (unpaired) electrons. The maximum atomic E-state index is 12.9. The third-order valence-electron chi connectivity index (χ3n) is 6.15. The average molecular weight is 493 g/mol. The van der Waals surface area contributed by atoms with Crippen LogP contribution in [0.2, 0.25) is 0 Å². The van der Waals surface area contributed by atoms with Crippen LogP contribution < -0.4 is 10.6 Å². The topological polar surface area (TPSA) is 94.6 Å². The summed E-state index contributed by atoms with van der Waals surface area (Å²) < 4.78 is 38.6. The number of hydrogen-bond donors (Lipinski definition) is 3. The first-order valence-corrected chi connectivity index (χ1v) is 11.6. The summed E-state index contributed by atoms with van der Waals surface area (Å²) in [6, 6.07) is 10.1. The van der Waals surface area contributed by atoms with E-state index >= 15 is 0 Å². The number of halogens is 3. The monoisotopic (exact) mass is 492 g/mol. The van der Waals surface area contributed by atoms with E-state index in [1.165, 1.54) is 6.07 Å². The Bertz CT molecular complexity index is 1020. The zero-order chi connectivity index (χ0) is 25.6. The van der Waals surface area contributed by atoms with E-state index in [4.69, 9.17) is 0 Å². The molecule has 1 unspecified atom stereocenters. The van der Waals surface area contributed by atoms with E-state index in [0.717, 1.165) is 30.8 Å². The minimum absolute atomic E-state index is 0.0229. The Morgan fingerprint density at radius 2 is 1.83 bits per heavy atom. The molecule has 7 nitrogen and oxygen atoms in total. The number of likely N-dealkylation sites (tertiary alicyclic amines) is 1. The molecule has 0 spiro atoms. The fourth-order valence-corrected chi connectivity index (χ4v) is 4.00. The van der Waals surface area contributed by atoms with Crippen molar-refractivity contribution in [1.82, 2.24) is 15.2 Å². The molecule has 1 aliphatic heterocycles. The quantitative estimate of drug-likeness (QED) is 0.523. The zero-order valence-electron chi connectivity index (χ0n) is 19.8. The molecule has 2 amide bonds. The fourth-order valence-electron chi connectivity index (χ4n) is 4.00. The number of aliphatic hydroxyl groups is 1. The molecule has 35 heavy (non-hydrogen) atoms. The molecule has 1 aromatic heterocycles. The molecule has 0 aliphatic carbocycles. The van der Waals surface area contributed by atoms with Crippen molar-refractivity contribution >= 4 is 17.5 Å². The largest absolute Gasteiger partial charge is 0.433 e. The number of amides is 2. The number of carbonyl (C=O) groups is 2. The Morgan fingerprint density at radius 3 is 2.46 bits per heavy atom. The minimum atomic E-state index is -4.63. The van der Waals surface area contributed by atoms with Gasteiger partial charge in [0.15, 0.2) is 0 Å². The van der Waals surface area contributed by atoms with Crippen LogP contribution in [0.4, 0.5) is 18.9 Å². The summed E-state index contributed by atoms with van der Waals surface area (Å²) >= 11 is 0. The van der Waals surface area contributed by atoms with Crippen LogP contribution in [0.15, 0.2) is 42.5 Å². The molecule has 10 heteroatoms. The number of rotatable bonds is 8. The molecule has 1 fully saturated rings. The molecule has 1 aliphatic rings. The van der Waals surface area contributed by atoms with Gasteiger partial charge in [0.25, 0.3) is 5.91 Å². The van der Waals surface area contributed by atoms with Crippen molar-refractivity contribution < 1.29 is 27.9 Å². The van der Waals surface area contributed by atoms with Crippen molar-refractivity contribution in [2.24, 2.45) is 11.8 Å². The standard InChI is InChI=1S/C25H31F3N4O3/c1-16(2)21(15-33)31-23(34)18-9-11-32(12-10-18)14-17-5-3-6-19(13-17)29-24(35)20-7-4-8-22(30-20)25(26,27)28/h3-8,13,16,18,21,33H,9-12,14-15H2,1-2H3,(H,29,35)(H,31,34). The summed E-state index contributed by atoms with van der Waals surface area (Å²) in [7, 11) is 0. The smallest absolute Gasteiger partial charge is 0.394 e. The maximum absolute atomic E-state index is 12.9. The van der Waals surface area contributed by atoms with E-state index in [9.17, 15) is 27.9 Å². The van der Waals surface area contributed by atoms with Crippen LogP contribution in [0.5, 0.6) is 0 Å². The van der Waals surface area contributed by atoms with Gasteiger partial charge in [0.2, 0.25) is 5.91 Å². The number of nitrogens with zero attached hydrogens (tertiary/aromatic N) is 2. The molecular weight excluding hydrogens is 461 g/mol. The lowest BCUT2D eigenvalue weighted by Crippen LogP contribution is -2.46. The molecule has 3 rings (SSSR count). The normalized spacial score (nSPS) is 16.2. The lowest BCUT2D eigenvalue weighted by atomic mass is 9.94. The van der Waals surface area contributed by atoms with Gasteiger partial charge in [-0.05, 0) is 61.7 Å². The van der Waals surface area contributed by atoms with Gasteiger partial charge >= 0.3 is 6.18 Å². The van der Waals surface area contributed by atoms with E-state index in [0.29, 0.717) is 25.1 Å². The van der Waals surface area contributed by atoms with Gasteiger partial charge in [0, 0.05) is 18.2 Å². The first-order chi connectivity index (χ1) is 16.6. The molecule has 1 atom stereocenters. The van der Waals surface area contributed by atoms with Gasteiger partial charge in [-0.15, -0.1) is 0 Å². The lowest BCUT2D eigenvalue weighted by molar-refractivity contribution is -0.141. The van der Waals surface area contributed by atoms with E-state index in [2.05, 4.69) is 20.5 Å². The summed E-state index contributed by atoms with van der Waals surface area (Å²) in [5, 5.41) is 15.0. The Balaban J connectivity index is 1.54. The highest BCUT2D eigenvalue weighted by atomic mass is 19.4. The van der Waals surface area contributed by atoms with Gasteiger partial charge in [-0.25, -0.2) is 4.98 Å². The summed E-state index contributed by atoms with van der Waals surface area (Å²) in [5.74, 6) is -0.682. The molecule has 2 aromatic rings. The average Bonchev–Trinajstić information content (AvgIpc) is 2.82. The van der Waals surface area contributed by atoms with Crippen molar-refractivity contribution in [3.05, 3.63) is 59.4 Å². The molecule has 190 valence electrons. The van der Waals surface area contributed by atoms with Crippen LogP contribution in [0, 0.1) is 11.8 Å². The highest BCUT2D eigenvalue weighted by Crippen LogP contribution is 2.27. The van der Waals surface area contributed by atoms with Crippen LogP contribution in [0.3, 0.4) is 0 Å². The highest BCUT2D eigenvalue weighted by molar-refractivity contribution is 6.02. The Kier molecular flexibility index (Phi) is 8.85. The molecule has 1 aromatic carbocycles. The summed E-state index contributed by atoms with van der Waals surface area (Å²) in [6.07, 6.45) is -3.21. The predicted octanol–water partition coefficient (Wildman–Crippen LogP) is 3.70. The summed E-state index contributed by atoms with van der Waals surface area (Å²) in [6.45, 7) is 5.90. The first-order valence-electron chi connectivity index (χ1n) is 11.6. The van der Waals surface area contributed by atoms with Gasteiger partial charge < -0.3 is 15.7 Å². The van der Waals surface area contributed by atoms with Crippen LogP contribution >= 0.6 is 0 Å². The van der Waals surface area contributed by atoms with Crippen LogP contribution in [0.1, 0.15) is 48.4 Å². The van der Waals surface area contributed by atoms with Crippen LogP contribution in [-0.2, 0) is 17.5 Å². The van der Waals surface area contributed by atoms with Crippen LogP contribution in [0.25, 0.3) is 0 Å². The second kappa shape index (κ2) is 11.6. The number of aromatic nitrogens is 1. The van der Waals surface area contributed by atoms with Crippen LogP contribution in [-0.4, -0.2) is 52.5 Å². The van der Waals surface area contributed by atoms with Crippen molar-refractivity contribution in [2.75, 3.05) is 25.0 Å². The number of hydrogen-bond acceptors (Lipinski definition) is 5. The zero-order valence-corrected chi connectivity index (χ0v) is 19.8. The third-order valence-corrected chi connectivity index (χ3v) is 6.15. The second-order valence-electron chi connectivity index (χ2n) is 9.15. The van der Waals surface area contributed by atoms with Crippen molar-refractivity contribution in [2.45, 2.75) is 45.5 Å². The van der Waals surface area contributed by atoms with E-state index in [-0.39, 0.29) is 36.1 Å². The summed E-state index contributed by atoms with van der Waals surface area (Å²) in [4.78, 5) is 30.6.